The summed E-state index contributed by atoms with van der Waals surface area (Å²) in [6.07, 6.45) is 1.60. The van der Waals surface area contributed by atoms with Gasteiger partial charge in [-0.25, -0.2) is 9.48 Å². The molecule has 7 nitrogen and oxygen atoms in total. The second-order valence-corrected chi connectivity index (χ2v) is 5.47. The summed E-state index contributed by atoms with van der Waals surface area (Å²) in [5, 5.41) is 6.96. The standard InChI is InChI=1S/C18H17N3O4/c1-12-4-3-5-13(10-12)11-21-16(8-9-19-21)20-17(22)14-6-7-15(25-14)18(23)24-2/h3-10H,11H2,1-2H3,(H,20,22). The van der Waals surface area contributed by atoms with Gasteiger partial charge < -0.3 is 14.5 Å². The summed E-state index contributed by atoms with van der Waals surface area (Å²) >= 11 is 0. The minimum Gasteiger partial charge on any atom is -0.463 e. The highest BCUT2D eigenvalue weighted by atomic mass is 16.5. The van der Waals surface area contributed by atoms with E-state index < -0.39 is 11.9 Å². The van der Waals surface area contributed by atoms with E-state index in [1.165, 1.54) is 19.2 Å². The molecule has 3 aromatic rings. The number of rotatable bonds is 5. The Morgan fingerprint density at radius 1 is 1.20 bits per heavy atom. The van der Waals surface area contributed by atoms with Crippen molar-refractivity contribution in [2.75, 3.05) is 12.4 Å². The molecule has 7 heteroatoms. The van der Waals surface area contributed by atoms with Crippen LogP contribution in [-0.4, -0.2) is 28.8 Å². The normalized spacial score (nSPS) is 10.5. The molecule has 2 heterocycles. The molecule has 0 aliphatic rings. The van der Waals surface area contributed by atoms with Crippen molar-refractivity contribution in [1.82, 2.24) is 9.78 Å². The molecule has 1 N–H and O–H groups in total. The average Bonchev–Trinajstić information content (AvgIpc) is 3.24. The summed E-state index contributed by atoms with van der Waals surface area (Å²) < 4.78 is 11.4. The van der Waals surface area contributed by atoms with Crippen molar-refractivity contribution in [2.45, 2.75) is 13.5 Å². The van der Waals surface area contributed by atoms with E-state index in [0.717, 1.165) is 11.1 Å². The lowest BCUT2D eigenvalue weighted by molar-refractivity contribution is 0.0563. The summed E-state index contributed by atoms with van der Waals surface area (Å²) in [6.45, 7) is 2.54. The number of carbonyl (C=O) groups is 2. The molecule has 0 radical (unpaired) electrons. The number of aryl methyl sites for hydroxylation is 1. The molecule has 25 heavy (non-hydrogen) atoms. The highest BCUT2D eigenvalue weighted by Crippen LogP contribution is 2.15. The van der Waals surface area contributed by atoms with Crippen molar-refractivity contribution in [3.05, 3.63) is 71.3 Å². The second-order valence-electron chi connectivity index (χ2n) is 5.47. The van der Waals surface area contributed by atoms with Crippen LogP contribution in [0.4, 0.5) is 5.82 Å². The van der Waals surface area contributed by atoms with E-state index in [0.29, 0.717) is 12.4 Å². The van der Waals surface area contributed by atoms with E-state index >= 15 is 0 Å². The van der Waals surface area contributed by atoms with Crippen LogP contribution < -0.4 is 5.32 Å². The second kappa shape index (κ2) is 7.04. The van der Waals surface area contributed by atoms with Crippen LogP contribution in [0.15, 0.2) is 53.1 Å². The van der Waals surface area contributed by atoms with Crippen LogP contribution in [0.3, 0.4) is 0 Å². The number of ether oxygens (including phenoxy) is 1. The van der Waals surface area contributed by atoms with Crippen LogP contribution in [0.1, 0.15) is 32.2 Å². The number of esters is 1. The molecule has 0 unspecified atom stereocenters. The summed E-state index contributed by atoms with van der Waals surface area (Å²) in [4.78, 5) is 23.7. The third-order valence-corrected chi connectivity index (χ3v) is 3.59. The molecule has 0 spiro atoms. The highest BCUT2D eigenvalue weighted by molar-refractivity contribution is 6.02. The summed E-state index contributed by atoms with van der Waals surface area (Å²) in [5.74, 6) is -0.586. The van der Waals surface area contributed by atoms with E-state index in [1.54, 1.807) is 16.9 Å². The fraction of sp³-hybridized carbons (Fsp3) is 0.167. The molecule has 1 aromatic carbocycles. The van der Waals surface area contributed by atoms with E-state index in [-0.39, 0.29) is 11.5 Å². The van der Waals surface area contributed by atoms with Crippen molar-refractivity contribution in [3.8, 4) is 0 Å². The van der Waals surface area contributed by atoms with Gasteiger partial charge in [0.25, 0.3) is 5.91 Å². The quantitative estimate of drug-likeness (QED) is 0.722. The topological polar surface area (TPSA) is 86.4 Å². The zero-order valence-electron chi connectivity index (χ0n) is 13.9. The molecule has 0 aliphatic carbocycles. The number of hydrogen-bond acceptors (Lipinski definition) is 5. The summed E-state index contributed by atoms with van der Waals surface area (Å²) in [5.41, 5.74) is 2.23. The SMILES string of the molecule is COC(=O)c1ccc(C(=O)Nc2ccnn2Cc2cccc(C)c2)o1. The number of hydrogen-bond donors (Lipinski definition) is 1. The van der Waals surface area contributed by atoms with Crippen LogP contribution in [0, 0.1) is 6.92 Å². The van der Waals surface area contributed by atoms with Gasteiger partial charge in [0.05, 0.1) is 19.9 Å². The Morgan fingerprint density at radius 2 is 2.00 bits per heavy atom. The molecule has 1 amide bonds. The molecule has 0 aliphatic heterocycles. The van der Waals surface area contributed by atoms with Gasteiger partial charge in [0.2, 0.25) is 5.76 Å². The number of furan rings is 1. The fourth-order valence-electron chi connectivity index (χ4n) is 2.40. The van der Waals surface area contributed by atoms with Crippen LogP contribution in [0.5, 0.6) is 0 Å². The number of carbonyl (C=O) groups excluding carboxylic acids is 2. The van der Waals surface area contributed by atoms with Crippen LogP contribution in [-0.2, 0) is 11.3 Å². The van der Waals surface area contributed by atoms with E-state index in [2.05, 4.69) is 21.2 Å². The number of amides is 1. The van der Waals surface area contributed by atoms with Gasteiger partial charge in [-0.3, -0.25) is 4.79 Å². The molecule has 0 saturated heterocycles. The third-order valence-electron chi connectivity index (χ3n) is 3.59. The number of anilines is 1. The first kappa shape index (κ1) is 16.5. The minimum absolute atomic E-state index is 0.0173. The van der Waals surface area contributed by atoms with Crippen LogP contribution >= 0.6 is 0 Å². The highest BCUT2D eigenvalue weighted by Gasteiger charge is 2.17. The number of nitrogens with zero attached hydrogens (tertiary/aromatic N) is 2. The lowest BCUT2D eigenvalue weighted by Gasteiger charge is -2.09. The molecule has 0 atom stereocenters. The maximum Gasteiger partial charge on any atom is 0.373 e. The molecule has 0 saturated carbocycles. The first-order chi connectivity index (χ1) is 12.1. The monoisotopic (exact) mass is 339 g/mol. The molecule has 0 fully saturated rings. The average molecular weight is 339 g/mol. The van der Waals surface area contributed by atoms with Gasteiger partial charge in [-0.1, -0.05) is 29.8 Å². The lowest BCUT2D eigenvalue weighted by Crippen LogP contribution is -2.15. The Kier molecular flexibility index (Phi) is 4.65. The molecule has 0 bridgehead atoms. The smallest absolute Gasteiger partial charge is 0.373 e. The minimum atomic E-state index is -0.636. The molecule has 2 aromatic heterocycles. The number of aromatic nitrogens is 2. The van der Waals surface area contributed by atoms with Crippen LogP contribution in [0.25, 0.3) is 0 Å². The van der Waals surface area contributed by atoms with Crippen LogP contribution in [0.2, 0.25) is 0 Å². The third kappa shape index (κ3) is 3.77. The van der Waals surface area contributed by atoms with Crippen molar-refractivity contribution < 1.29 is 18.7 Å². The van der Waals surface area contributed by atoms with Crippen molar-refractivity contribution in [1.29, 1.82) is 0 Å². The Morgan fingerprint density at radius 3 is 2.76 bits per heavy atom. The number of methoxy groups -OCH3 is 1. The predicted molar refractivity (Wildman–Crippen MR) is 90.5 cm³/mol. The first-order valence-corrected chi connectivity index (χ1v) is 7.63. The Hall–Kier alpha value is -3.35. The molecule has 128 valence electrons. The lowest BCUT2D eigenvalue weighted by atomic mass is 10.1. The molecular weight excluding hydrogens is 322 g/mol. The van der Waals surface area contributed by atoms with Gasteiger partial charge in [0.1, 0.15) is 5.82 Å². The van der Waals surface area contributed by atoms with E-state index in [1.807, 2.05) is 25.1 Å². The maximum atomic E-state index is 12.3. The van der Waals surface area contributed by atoms with Gasteiger partial charge in [-0.05, 0) is 24.6 Å². The van der Waals surface area contributed by atoms with Crippen molar-refractivity contribution >= 4 is 17.7 Å². The van der Waals surface area contributed by atoms with Gasteiger partial charge in [0.15, 0.2) is 5.76 Å². The number of nitrogens with one attached hydrogen (secondary N) is 1. The fourth-order valence-corrected chi connectivity index (χ4v) is 2.40. The predicted octanol–water partition coefficient (Wildman–Crippen LogP) is 2.87. The largest absolute Gasteiger partial charge is 0.463 e. The van der Waals surface area contributed by atoms with Crippen molar-refractivity contribution in [2.24, 2.45) is 0 Å². The molecule has 3 rings (SSSR count). The first-order valence-electron chi connectivity index (χ1n) is 7.63. The van der Waals surface area contributed by atoms with Gasteiger partial charge in [0, 0.05) is 6.07 Å². The van der Waals surface area contributed by atoms with Crippen molar-refractivity contribution in [3.63, 3.8) is 0 Å². The Labute approximate surface area is 144 Å². The summed E-state index contributed by atoms with van der Waals surface area (Å²) in [7, 11) is 1.24. The Bertz CT molecular complexity index is 910. The zero-order valence-corrected chi connectivity index (χ0v) is 13.9. The summed E-state index contributed by atoms with van der Waals surface area (Å²) in [6, 6.07) is 12.6. The Balaban J connectivity index is 1.73. The van der Waals surface area contributed by atoms with Gasteiger partial charge >= 0.3 is 5.97 Å². The molecular formula is C18H17N3O4. The van der Waals surface area contributed by atoms with Gasteiger partial charge in [-0.2, -0.15) is 5.10 Å². The van der Waals surface area contributed by atoms with Gasteiger partial charge in [-0.15, -0.1) is 0 Å². The van der Waals surface area contributed by atoms with E-state index in [4.69, 9.17) is 4.42 Å². The zero-order chi connectivity index (χ0) is 17.8. The maximum absolute atomic E-state index is 12.3. The number of benzene rings is 1. The van der Waals surface area contributed by atoms with E-state index in [9.17, 15) is 9.59 Å².